The summed E-state index contributed by atoms with van der Waals surface area (Å²) < 4.78 is 0. The first-order valence-electron chi connectivity index (χ1n) is 4.52. The zero-order chi connectivity index (χ0) is 8.55. The van der Waals surface area contributed by atoms with Crippen LogP contribution in [0.2, 0.25) is 0 Å². The molecule has 0 saturated carbocycles. The Morgan fingerprint density at radius 2 is 2.42 bits per heavy atom. The van der Waals surface area contributed by atoms with Crippen LogP contribution in [0.1, 0.15) is 24.6 Å². The average Bonchev–Trinajstić information content (AvgIpc) is 2.64. The van der Waals surface area contributed by atoms with Crippen molar-refractivity contribution in [1.29, 1.82) is 0 Å². The lowest BCUT2D eigenvalue weighted by molar-refractivity contribution is 0.693. The van der Waals surface area contributed by atoms with Crippen molar-refractivity contribution in [3.05, 3.63) is 27.9 Å². The molecule has 1 aliphatic rings. The van der Waals surface area contributed by atoms with E-state index in [0.717, 1.165) is 5.92 Å². The Morgan fingerprint density at radius 1 is 1.58 bits per heavy atom. The lowest BCUT2D eigenvalue weighted by atomic mass is 9.85. The Kier molecular flexibility index (Phi) is 2.10. The van der Waals surface area contributed by atoms with E-state index in [4.69, 9.17) is 0 Å². The number of thiophene rings is 1. The van der Waals surface area contributed by atoms with Gasteiger partial charge in [-0.2, -0.15) is 0 Å². The quantitative estimate of drug-likeness (QED) is 0.576. The van der Waals surface area contributed by atoms with Gasteiger partial charge in [0, 0.05) is 4.88 Å². The van der Waals surface area contributed by atoms with Crippen molar-refractivity contribution >= 4 is 24.8 Å². The molecule has 0 saturated heterocycles. The molecule has 0 aromatic carbocycles. The van der Waals surface area contributed by atoms with Gasteiger partial charge in [-0.1, -0.05) is 13.0 Å². The highest BCUT2D eigenvalue weighted by molar-refractivity contribution is 7.11. The summed E-state index contributed by atoms with van der Waals surface area (Å²) in [7, 11) is 2.28. The van der Waals surface area contributed by atoms with Crippen LogP contribution < -0.4 is 0 Å². The average molecular weight is 176 g/mol. The third kappa shape index (κ3) is 1.24. The Morgan fingerprint density at radius 3 is 2.92 bits per heavy atom. The van der Waals surface area contributed by atoms with Crippen molar-refractivity contribution < 1.29 is 0 Å². The molecule has 0 radical (unpaired) electrons. The molecule has 2 rings (SSSR count). The van der Waals surface area contributed by atoms with Gasteiger partial charge in [0.25, 0.3) is 0 Å². The zero-order valence-corrected chi connectivity index (χ0v) is 8.45. The van der Waals surface area contributed by atoms with E-state index < -0.39 is 0 Å². The third-order valence-electron chi connectivity index (χ3n) is 2.86. The van der Waals surface area contributed by atoms with E-state index in [1.54, 1.807) is 11.0 Å². The van der Waals surface area contributed by atoms with E-state index in [0.29, 0.717) is 0 Å². The first-order valence-corrected chi connectivity index (χ1v) is 5.40. The molecule has 2 heteroatoms. The molecule has 0 amide bonds. The summed E-state index contributed by atoms with van der Waals surface area (Å²) in [6.45, 7) is 2.33. The smallest absolute Gasteiger partial charge is 0.134 e. The van der Waals surface area contributed by atoms with Crippen LogP contribution in [-0.4, -0.2) is 7.85 Å². The molecular formula is C10H13BS. The van der Waals surface area contributed by atoms with Gasteiger partial charge in [0.1, 0.15) is 7.85 Å². The summed E-state index contributed by atoms with van der Waals surface area (Å²) in [6.07, 6.45) is 2.63. The topological polar surface area (TPSA) is 0 Å². The molecule has 0 fully saturated rings. The Labute approximate surface area is 78.7 Å². The SMILES string of the molecule is BC1=C(c2cccs2)CCC1C. The fourth-order valence-electron chi connectivity index (χ4n) is 1.84. The molecule has 12 heavy (non-hydrogen) atoms. The monoisotopic (exact) mass is 176 g/mol. The molecular weight excluding hydrogens is 163 g/mol. The van der Waals surface area contributed by atoms with Crippen molar-refractivity contribution in [2.45, 2.75) is 19.8 Å². The number of hydrogen-bond donors (Lipinski definition) is 0. The molecule has 62 valence electrons. The van der Waals surface area contributed by atoms with Crippen LogP contribution in [-0.2, 0) is 0 Å². The van der Waals surface area contributed by atoms with E-state index in [2.05, 4.69) is 32.3 Å². The third-order valence-corrected chi connectivity index (χ3v) is 3.79. The largest absolute Gasteiger partial charge is 0.144 e. The molecule has 0 bridgehead atoms. The van der Waals surface area contributed by atoms with E-state index in [1.165, 1.54) is 17.7 Å². The van der Waals surface area contributed by atoms with Gasteiger partial charge in [0.15, 0.2) is 0 Å². The molecule has 1 aromatic rings. The van der Waals surface area contributed by atoms with Crippen LogP contribution in [0.15, 0.2) is 23.0 Å². The van der Waals surface area contributed by atoms with Gasteiger partial charge in [-0.3, -0.25) is 0 Å². The fraction of sp³-hybridized carbons (Fsp3) is 0.400. The second-order valence-corrected chi connectivity index (χ2v) is 4.53. The maximum atomic E-state index is 2.33. The first kappa shape index (κ1) is 8.12. The second-order valence-electron chi connectivity index (χ2n) is 3.58. The van der Waals surface area contributed by atoms with E-state index in [-0.39, 0.29) is 0 Å². The minimum Gasteiger partial charge on any atom is -0.144 e. The lowest BCUT2D eigenvalue weighted by Gasteiger charge is -2.02. The second kappa shape index (κ2) is 3.10. The van der Waals surface area contributed by atoms with Gasteiger partial charge < -0.3 is 0 Å². The van der Waals surface area contributed by atoms with Crippen LogP contribution in [0.3, 0.4) is 0 Å². The standard InChI is InChI=1S/C10H13BS/c1-7-4-5-8(10(7)11)9-3-2-6-12-9/h2-3,6-7H,4-5,11H2,1H3. The first-order chi connectivity index (χ1) is 5.79. The van der Waals surface area contributed by atoms with Gasteiger partial charge in [-0.25, -0.2) is 0 Å². The van der Waals surface area contributed by atoms with E-state index in [9.17, 15) is 0 Å². The molecule has 1 aliphatic carbocycles. The van der Waals surface area contributed by atoms with Crippen molar-refractivity contribution in [3.63, 3.8) is 0 Å². The van der Waals surface area contributed by atoms with Gasteiger partial charge in [-0.05, 0) is 35.8 Å². The lowest BCUT2D eigenvalue weighted by Crippen LogP contribution is -1.91. The Bertz CT molecular complexity index is 298. The van der Waals surface area contributed by atoms with Crippen LogP contribution in [0.4, 0.5) is 0 Å². The maximum absolute atomic E-state index is 2.33. The van der Waals surface area contributed by atoms with Gasteiger partial charge >= 0.3 is 0 Å². The summed E-state index contributed by atoms with van der Waals surface area (Å²) in [6, 6.07) is 4.38. The molecule has 0 N–H and O–H groups in total. The summed E-state index contributed by atoms with van der Waals surface area (Å²) in [5.74, 6) is 0.807. The van der Waals surface area contributed by atoms with Gasteiger partial charge in [0.05, 0.1) is 0 Å². The van der Waals surface area contributed by atoms with E-state index in [1.807, 2.05) is 11.3 Å². The molecule has 1 unspecified atom stereocenters. The number of rotatable bonds is 1. The highest BCUT2D eigenvalue weighted by Gasteiger charge is 2.19. The van der Waals surface area contributed by atoms with Crippen LogP contribution in [0.25, 0.3) is 5.57 Å². The summed E-state index contributed by atoms with van der Waals surface area (Å²) in [5, 5.41) is 2.17. The Balaban J connectivity index is 2.36. The highest BCUT2D eigenvalue weighted by atomic mass is 32.1. The highest BCUT2D eigenvalue weighted by Crippen LogP contribution is 2.37. The summed E-state index contributed by atoms with van der Waals surface area (Å²) in [4.78, 5) is 1.48. The molecule has 1 heterocycles. The number of allylic oxidation sites excluding steroid dienone is 2. The normalized spacial score (nSPS) is 23.6. The van der Waals surface area contributed by atoms with Crippen LogP contribution >= 0.6 is 11.3 Å². The molecule has 0 aliphatic heterocycles. The molecule has 0 nitrogen and oxygen atoms in total. The van der Waals surface area contributed by atoms with Crippen LogP contribution in [0, 0.1) is 5.92 Å². The predicted molar refractivity (Wildman–Crippen MR) is 58.2 cm³/mol. The fourth-order valence-corrected chi connectivity index (χ4v) is 2.71. The van der Waals surface area contributed by atoms with E-state index >= 15 is 0 Å². The minimum atomic E-state index is 0.807. The van der Waals surface area contributed by atoms with Crippen molar-refractivity contribution in [3.8, 4) is 0 Å². The predicted octanol–water partition coefficient (Wildman–Crippen LogP) is 2.52. The van der Waals surface area contributed by atoms with Gasteiger partial charge in [-0.15, -0.1) is 16.8 Å². The molecule has 1 aromatic heterocycles. The Hall–Kier alpha value is -0.495. The van der Waals surface area contributed by atoms with Crippen molar-refractivity contribution in [2.24, 2.45) is 5.92 Å². The van der Waals surface area contributed by atoms with Gasteiger partial charge in [0.2, 0.25) is 0 Å². The zero-order valence-electron chi connectivity index (χ0n) is 7.63. The summed E-state index contributed by atoms with van der Waals surface area (Å²) >= 11 is 1.87. The maximum Gasteiger partial charge on any atom is 0.134 e. The summed E-state index contributed by atoms with van der Waals surface area (Å²) in [5.41, 5.74) is 3.22. The molecule has 1 atom stereocenters. The van der Waals surface area contributed by atoms with Crippen LogP contribution in [0.5, 0.6) is 0 Å². The number of hydrogen-bond acceptors (Lipinski definition) is 1. The minimum absolute atomic E-state index is 0.807. The molecule has 0 spiro atoms. The van der Waals surface area contributed by atoms with Crippen molar-refractivity contribution in [2.75, 3.05) is 0 Å². The van der Waals surface area contributed by atoms with Crippen molar-refractivity contribution in [1.82, 2.24) is 0 Å².